The predicted molar refractivity (Wildman–Crippen MR) is 81.8 cm³/mol. The van der Waals surface area contributed by atoms with E-state index in [9.17, 15) is 5.11 Å². The molecule has 1 N–H and O–H groups in total. The normalized spacial score (nSPS) is 11.2. The van der Waals surface area contributed by atoms with Gasteiger partial charge in [-0.1, -0.05) is 73.3 Å². The Hall–Kier alpha value is -2.54. The van der Waals surface area contributed by atoms with E-state index in [4.69, 9.17) is 0 Å². The van der Waals surface area contributed by atoms with Crippen LogP contribution in [0.4, 0.5) is 0 Å². The van der Waals surface area contributed by atoms with Crippen LogP contribution in [0.25, 0.3) is 12.2 Å². The molecule has 2 rings (SSSR count). The van der Waals surface area contributed by atoms with Crippen molar-refractivity contribution < 1.29 is 5.11 Å². The van der Waals surface area contributed by atoms with E-state index in [2.05, 4.69) is 6.58 Å². The first-order chi connectivity index (χ1) is 9.24. The topological polar surface area (TPSA) is 20.2 Å². The molecule has 94 valence electrons. The largest absolute Gasteiger partial charge is 0.508 e. The molecule has 0 unspecified atom stereocenters. The summed E-state index contributed by atoms with van der Waals surface area (Å²) in [4.78, 5) is 0. The van der Waals surface area contributed by atoms with Crippen LogP contribution in [0.1, 0.15) is 11.1 Å². The number of rotatable bonds is 4. The third-order valence-corrected chi connectivity index (χ3v) is 2.67. The van der Waals surface area contributed by atoms with Gasteiger partial charge in [-0.3, -0.25) is 0 Å². The molecule has 0 aromatic heterocycles. The minimum atomic E-state index is 0.278. The summed E-state index contributed by atoms with van der Waals surface area (Å²) in [6.07, 6.45) is 7.93. The van der Waals surface area contributed by atoms with E-state index in [1.165, 1.54) is 0 Å². The second kappa shape index (κ2) is 6.41. The summed E-state index contributed by atoms with van der Waals surface area (Å²) in [5, 5.41) is 9.19. The van der Waals surface area contributed by atoms with Gasteiger partial charge in [-0.2, -0.15) is 0 Å². The lowest BCUT2D eigenvalue weighted by Gasteiger charge is -1.95. The molecular weight excluding hydrogens is 232 g/mol. The molecule has 0 bridgehead atoms. The molecule has 2 aromatic rings. The van der Waals surface area contributed by atoms with Crippen molar-refractivity contribution in [2.45, 2.75) is 0 Å². The van der Waals surface area contributed by atoms with Crippen LogP contribution in [-0.2, 0) is 0 Å². The molecule has 0 aliphatic rings. The van der Waals surface area contributed by atoms with Crippen LogP contribution in [-0.4, -0.2) is 5.11 Å². The molecule has 19 heavy (non-hydrogen) atoms. The number of aromatic hydroxyl groups is 1. The Morgan fingerprint density at radius 3 is 1.89 bits per heavy atom. The highest BCUT2D eigenvalue weighted by molar-refractivity contribution is 5.59. The smallest absolute Gasteiger partial charge is 0.115 e. The standard InChI is InChI=1S/C18H16O/c1-15(7-9-16-5-3-2-4-6-16)8-10-17-11-13-18(19)14-12-17/h2-14,19H,1H2. The lowest BCUT2D eigenvalue weighted by molar-refractivity contribution is 0.475. The zero-order chi connectivity index (χ0) is 13.5. The molecule has 0 radical (unpaired) electrons. The molecular formula is C18H16O. The molecule has 0 saturated carbocycles. The van der Waals surface area contributed by atoms with Crippen LogP contribution in [0.5, 0.6) is 5.75 Å². The zero-order valence-electron chi connectivity index (χ0n) is 10.7. The average Bonchev–Trinajstić information content (AvgIpc) is 2.45. The Morgan fingerprint density at radius 1 is 0.789 bits per heavy atom. The third-order valence-electron chi connectivity index (χ3n) is 2.67. The maximum absolute atomic E-state index is 9.19. The van der Waals surface area contributed by atoms with Crippen LogP contribution in [0, 0.1) is 0 Å². The van der Waals surface area contributed by atoms with Gasteiger partial charge in [-0.15, -0.1) is 0 Å². The lowest BCUT2D eigenvalue weighted by Crippen LogP contribution is -1.73. The van der Waals surface area contributed by atoms with Gasteiger partial charge in [-0.25, -0.2) is 0 Å². The summed E-state index contributed by atoms with van der Waals surface area (Å²) < 4.78 is 0. The van der Waals surface area contributed by atoms with Crippen molar-refractivity contribution in [2.24, 2.45) is 0 Å². The molecule has 0 fully saturated rings. The Bertz CT molecular complexity index is 589. The summed E-state index contributed by atoms with van der Waals surface area (Å²) >= 11 is 0. The Kier molecular flexibility index (Phi) is 4.35. The lowest BCUT2D eigenvalue weighted by atomic mass is 10.1. The van der Waals surface area contributed by atoms with Crippen LogP contribution >= 0.6 is 0 Å². The highest BCUT2D eigenvalue weighted by Gasteiger charge is 1.88. The first-order valence-electron chi connectivity index (χ1n) is 6.13. The first-order valence-corrected chi connectivity index (χ1v) is 6.13. The summed E-state index contributed by atoms with van der Waals surface area (Å²) in [5.74, 6) is 0.278. The van der Waals surface area contributed by atoms with Crippen molar-refractivity contribution >= 4 is 12.2 Å². The van der Waals surface area contributed by atoms with Crippen molar-refractivity contribution in [3.63, 3.8) is 0 Å². The van der Waals surface area contributed by atoms with Crippen molar-refractivity contribution in [3.8, 4) is 5.75 Å². The fourth-order valence-corrected chi connectivity index (χ4v) is 1.61. The van der Waals surface area contributed by atoms with Gasteiger partial charge in [0.1, 0.15) is 5.75 Å². The highest BCUT2D eigenvalue weighted by Crippen LogP contribution is 2.12. The van der Waals surface area contributed by atoms with Crippen molar-refractivity contribution in [2.75, 3.05) is 0 Å². The van der Waals surface area contributed by atoms with Crippen LogP contribution < -0.4 is 0 Å². The second-order valence-corrected chi connectivity index (χ2v) is 4.24. The summed E-state index contributed by atoms with van der Waals surface area (Å²) in [6.45, 7) is 3.98. The Morgan fingerprint density at radius 2 is 1.32 bits per heavy atom. The number of phenolic OH excluding ortho intramolecular Hbond substituents is 1. The minimum Gasteiger partial charge on any atom is -0.508 e. The van der Waals surface area contributed by atoms with E-state index in [1.807, 2.05) is 66.8 Å². The second-order valence-electron chi connectivity index (χ2n) is 4.24. The minimum absolute atomic E-state index is 0.278. The van der Waals surface area contributed by atoms with E-state index >= 15 is 0 Å². The van der Waals surface area contributed by atoms with Crippen LogP contribution in [0.3, 0.4) is 0 Å². The molecule has 0 amide bonds. The number of allylic oxidation sites excluding steroid dienone is 3. The Balaban J connectivity index is 1.98. The van der Waals surface area contributed by atoms with Crippen molar-refractivity contribution in [1.82, 2.24) is 0 Å². The number of hydrogen-bond acceptors (Lipinski definition) is 1. The zero-order valence-corrected chi connectivity index (χ0v) is 10.7. The highest BCUT2D eigenvalue weighted by atomic mass is 16.3. The van der Waals surface area contributed by atoms with Gasteiger partial charge in [0.05, 0.1) is 0 Å². The molecule has 0 aliphatic carbocycles. The van der Waals surface area contributed by atoms with Crippen LogP contribution in [0.2, 0.25) is 0 Å². The van der Waals surface area contributed by atoms with Gasteiger partial charge in [0, 0.05) is 0 Å². The number of phenols is 1. The SMILES string of the molecule is C=C(C=Cc1ccccc1)C=Cc1ccc(O)cc1. The molecule has 0 atom stereocenters. The molecule has 0 saturated heterocycles. The Labute approximate surface area is 113 Å². The average molecular weight is 248 g/mol. The predicted octanol–water partition coefficient (Wildman–Crippen LogP) is 4.68. The summed E-state index contributed by atoms with van der Waals surface area (Å²) in [5.41, 5.74) is 3.12. The van der Waals surface area contributed by atoms with E-state index in [0.29, 0.717) is 0 Å². The van der Waals surface area contributed by atoms with Gasteiger partial charge in [-0.05, 0) is 28.8 Å². The maximum atomic E-state index is 9.19. The molecule has 0 aliphatic heterocycles. The monoisotopic (exact) mass is 248 g/mol. The number of benzene rings is 2. The third kappa shape index (κ3) is 4.32. The van der Waals surface area contributed by atoms with Crippen LogP contribution in [0.15, 0.2) is 78.9 Å². The molecule has 2 aromatic carbocycles. The fourth-order valence-electron chi connectivity index (χ4n) is 1.61. The van der Waals surface area contributed by atoms with Crippen molar-refractivity contribution in [1.29, 1.82) is 0 Å². The van der Waals surface area contributed by atoms with E-state index in [-0.39, 0.29) is 5.75 Å². The van der Waals surface area contributed by atoms with Gasteiger partial charge in [0.25, 0.3) is 0 Å². The van der Waals surface area contributed by atoms with E-state index in [1.54, 1.807) is 12.1 Å². The maximum Gasteiger partial charge on any atom is 0.115 e. The summed E-state index contributed by atoms with van der Waals surface area (Å²) in [7, 11) is 0. The van der Waals surface area contributed by atoms with Gasteiger partial charge >= 0.3 is 0 Å². The molecule has 0 heterocycles. The molecule has 1 heteroatoms. The van der Waals surface area contributed by atoms with Gasteiger partial charge in [0.15, 0.2) is 0 Å². The quantitative estimate of drug-likeness (QED) is 0.779. The van der Waals surface area contributed by atoms with Gasteiger partial charge < -0.3 is 5.11 Å². The number of hydrogen-bond donors (Lipinski definition) is 1. The van der Waals surface area contributed by atoms with Gasteiger partial charge in [0.2, 0.25) is 0 Å². The fraction of sp³-hybridized carbons (Fsp3) is 0. The first kappa shape index (κ1) is 12.9. The molecule has 0 spiro atoms. The van der Waals surface area contributed by atoms with Crippen molar-refractivity contribution in [3.05, 3.63) is 90.0 Å². The molecule has 1 nitrogen and oxygen atoms in total. The summed E-state index contributed by atoms with van der Waals surface area (Å²) in [6, 6.07) is 17.2. The van der Waals surface area contributed by atoms with E-state index in [0.717, 1.165) is 16.7 Å². The van der Waals surface area contributed by atoms with E-state index < -0.39 is 0 Å².